The number of terminal acetylenes is 1. The Morgan fingerprint density at radius 1 is 1.38 bits per heavy atom. The summed E-state index contributed by atoms with van der Waals surface area (Å²) in [6.45, 7) is 2.80. The lowest BCUT2D eigenvalue weighted by atomic mass is 10.1. The number of halogens is 1. The van der Waals surface area contributed by atoms with Crippen LogP contribution in [0, 0.1) is 12.3 Å². The monoisotopic (exact) mass is 255 g/mol. The van der Waals surface area contributed by atoms with Gasteiger partial charge in [-0.25, -0.2) is 0 Å². The highest BCUT2D eigenvalue weighted by atomic mass is 35.5. The fourth-order valence-corrected chi connectivity index (χ4v) is 1.83. The standard InChI is InChI=1S/C13H17NS.ClH/c1-4-9-14-11(2)10-12-5-7-13(15-3)8-6-12;/h1,5-8,11,14H,9-10H2,2-3H3;1H. The van der Waals surface area contributed by atoms with E-state index >= 15 is 0 Å². The van der Waals surface area contributed by atoms with Crippen molar-refractivity contribution in [3.8, 4) is 12.3 Å². The zero-order chi connectivity index (χ0) is 11.1. The number of hydrogen-bond donors (Lipinski definition) is 1. The van der Waals surface area contributed by atoms with Gasteiger partial charge in [-0.2, -0.15) is 0 Å². The summed E-state index contributed by atoms with van der Waals surface area (Å²) in [7, 11) is 0. The minimum Gasteiger partial charge on any atom is -0.303 e. The van der Waals surface area contributed by atoms with Crippen LogP contribution in [0.4, 0.5) is 0 Å². The van der Waals surface area contributed by atoms with E-state index in [9.17, 15) is 0 Å². The van der Waals surface area contributed by atoms with Gasteiger partial charge in [-0.15, -0.1) is 30.6 Å². The molecular formula is C13H18ClNS. The molecule has 0 aromatic heterocycles. The van der Waals surface area contributed by atoms with Crippen LogP contribution in [-0.4, -0.2) is 18.8 Å². The van der Waals surface area contributed by atoms with Crippen molar-refractivity contribution >= 4 is 24.2 Å². The molecule has 0 saturated carbocycles. The molecule has 0 aliphatic heterocycles. The second-order valence-corrected chi connectivity index (χ2v) is 4.42. The molecule has 3 heteroatoms. The molecule has 0 spiro atoms. The molecular weight excluding hydrogens is 238 g/mol. The van der Waals surface area contributed by atoms with Gasteiger partial charge in [-0.1, -0.05) is 18.1 Å². The van der Waals surface area contributed by atoms with Crippen molar-refractivity contribution in [2.45, 2.75) is 24.3 Å². The summed E-state index contributed by atoms with van der Waals surface area (Å²) in [5.74, 6) is 2.59. The molecule has 1 rings (SSSR count). The third-order valence-electron chi connectivity index (χ3n) is 2.25. The van der Waals surface area contributed by atoms with E-state index in [0.717, 1.165) is 6.42 Å². The van der Waals surface area contributed by atoms with Crippen LogP contribution in [-0.2, 0) is 6.42 Å². The highest BCUT2D eigenvalue weighted by molar-refractivity contribution is 7.98. The normalized spacial score (nSPS) is 11.3. The first-order valence-corrected chi connectivity index (χ1v) is 6.28. The zero-order valence-electron chi connectivity index (χ0n) is 9.69. The minimum atomic E-state index is 0. The molecule has 0 amide bonds. The van der Waals surface area contributed by atoms with E-state index in [0.29, 0.717) is 12.6 Å². The van der Waals surface area contributed by atoms with Crippen molar-refractivity contribution < 1.29 is 0 Å². The number of thioether (sulfide) groups is 1. The highest BCUT2D eigenvalue weighted by Gasteiger charge is 2.01. The van der Waals surface area contributed by atoms with E-state index < -0.39 is 0 Å². The first-order chi connectivity index (χ1) is 7.26. The van der Waals surface area contributed by atoms with Crippen molar-refractivity contribution in [1.82, 2.24) is 5.32 Å². The van der Waals surface area contributed by atoms with Crippen molar-refractivity contribution in [3.05, 3.63) is 29.8 Å². The summed E-state index contributed by atoms with van der Waals surface area (Å²) >= 11 is 1.77. The second kappa shape index (κ2) is 8.52. The molecule has 0 radical (unpaired) electrons. The van der Waals surface area contributed by atoms with Gasteiger partial charge in [0.1, 0.15) is 0 Å². The smallest absolute Gasteiger partial charge is 0.0575 e. The van der Waals surface area contributed by atoms with Gasteiger partial charge >= 0.3 is 0 Å². The Kier molecular flexibility index (Phi) is 8.19. The summed E-state index contributed by atoms with van der Waals surface area (Å²) in [5.41, 5.74) is 1.35. The maximum absolute atomic E-state index is 5.19. The van der Waals surface area contributed by atoms with Crippen LogP contribution in [0.15, 0.2) is 29.2 Å². The van der Waals surface area contributed by atoms with E-state index in [1.807, 2.05) is 0 Å². The minimum absolute atomic E-state index is 0. The number of benzene rings is 1. The molecule has 1 aromatic rings. The Morgan fingerprint density at radius 2 is 2.00 bits per heavy atom. The molecule has 1 nitrogen and oxygen atoms in total. The average molecular weight is 256 g/mol. The molecule has 0 aliphatic carbocycles. The molecule has 0 heterocycles. The average Bonchev–Trinajstić information content (AvgIpc) is 2.27. The number of nitrogens with one attached hydrogen (secondary N) is 1. The van der Waals surface area contributed by atoms with Gasteiger partial charge in [-0.05, 0) is 37.3 Å². The van der Waals surface area contributed by atoms with Crippen LogP contribution < -0.4 is 5.32 Å². The molecule has 16 heavy (non-hydrogen) atoms. The largest absolute Gasteiger partial charge is 0.303 e. The lowest BCUT2D eigenvalue weighted by Gasteiger charge is -2.11. The third kappa shape index (κ3) is 5.46. The molecule has 0 aliphatic rings. The Labute approximate surface area is 109 Å². The zero-order valence-corrected chi connectivity index (χ0v) is 11.3. The van der Waals surface area contributed by atoms with Crippen LogP contribution in [0.25, 0.3) is 0 Å². The van der Waals surface area contributed by atoms with E-state index in [1.165, 1.54) is 10.5 Å². The van der Waals surface area contributed by atoms with E-state index in [-0.39, 0.29) is 12.4 Å². The van der Waals surface area contributed by atoms with Crippen molar-refractivity contribution in [2.75, 3.05) is 12.8 Å². The van der Waals surface area contributed by atoms with Crippen molar-refractivity contribution in [1.29, 1.82) is 0 Å². The second-order valence-electron chi connectivity index (χ2n) is 3.54. The number of hydrogen-bond acceptors (Lipinski definition) is 2. The van der Waals surface area contributed by atoms with Gasteiger partial charge in [0.15, 0.2) is 0 Å². The SMILES string of the molecule is C#CCNC(C)Cc1ccc(SC)cc1.Cl. The molecule has 1 aromatic carbocycles. The van der Waals surface area contributed by atoms with Crippen LogP contribution in [0.2, 0.25) is 0 Å². The highest BCUT2D eigenvalue weighted by Crippen LogP contribution is 2.15. The van der Waals surface area contributed by atoms with Gasteiger partial charge in [0.2, 0.25) is 0 Å². The van der Waals surface area contributed by atoms with Crippen LogP contribution in [0.5, 0.6) is 0 Å². The molecule has 1 unspecified atom stereocenters. The Bertz CT molecular complexity index is 329. The summed E-state index contributed by atoms with van der Waals surface area (Å²) in [4.78, 5) is 1.31. The van der Waals surface area contributed by atoms with E-state index in [1.54, 1.807) is 11.8 Å². The molecule has 1 N–H and O–H groups in total. The molecule has 0 bridgehead atoms. The summed E-state index contributed by atoms with van der Waals surface area (Å²) in [5, 5.41) is 3.27. The number of rotatable bonds is 5. The van der Waals surface area contributed by atoms with Gasteiger partial charge in [-0.3, -0.25) is 0 Å². The van der Waals surface area contributed by atoms with Crippen molar-refractivity contribution in [3.63, 3.8) is 0 Å². The fourth-order valence-electron chi connectivity index (χ4n) is 1.42. The summed E-state index contributed by atoms with van der Waals surface area (Å²) in [6.07, 6.45) is 8.31. The van der Waals surface area contributed by atoms with Gasteiger partial charge < -0.3 is 5.32 Å². The molecule has 0 saturated heterocycles. The Balaban J connectivity index is 0.00000225. The maximum atomic E-state index is 5.19. The van der Waals surface area contributed by atoms with Crippen LogP contribution in [0.3, 0.4) is 0 Å². The first kappa shape index (κ1) is 15.4. The van der Waals surface area contributed by atoms with E-state index in [2.05, 4.69) is 48.7 Å². The van der Waals surface area contributed by atoms with Gasteiger partial charge in [0.25, 0.3) is 0 Å². The Morgan fingerprint density at radius 3 is 2.50 bits per heavy atom. The Hall–Kier alpha value is -0.620. The summed E-state index contributed by atoms with van der Waals surface area (Å²) < 4.78 is 0. The molecule has 1 atom stereocenters. The van der Waals surface area contributed by atoms with Gasteiger partial charge in [0.05, 0.1) is 6.54 Å². The van der Waals surface area contributed by atoms with Crippen LogP contribution in [0.1, 0.15) is 12.5 Å². The van der Waals surface area contributed by atoms with Crippen molar-refractivity contribution in [2.24, 2.45) is 0 Å². The topological polar surface area (TPSA) is 12.0 Å². The fraction of sp³-hybridized carbons (Fsp3) is 0.385. The van der Waals surface area contributed by atoms with Gasteiger partial charge in [0, 0.05) is 10.9 Å². The third-order valence-corrected chi connectivity index (χ3v) is 3.00. The quantitative estimate of drug-likeness (QED) is 0.641. The van der Waals surface area contributed by atoms with E-state index in [4.69, 9.17) is 6.42 Å². The van der Waals surface area contributed by atoms with Crippen LogP contribution >= 0.6 is 24.2 Å². The lowest BCUT2D eigenvalue weighted by molar-refractivity contribution is 0.585. The molecule has 0 fully saturated rings. The molecule has 88 valence electrons. The first-order valence-electron chi connectivity index (χ1n) is 5.06. The maximum Gasteiger partial charge on any atom is 0.0575 e. The predicted octanol–water partition coefficient (Wildman–Crippen LogP) is 2.98. The summed E-state index contributed by atoms with van der Waals surface area (Å²) in [6, 6.07) is 9.11. The predicted molar refractivity (Wildman–Crippen MR) is 75.5 cm³/mol. The lowest BCUT2D eigenvalue weighted by Crippen LogP contribution is -2.28.